The van der Waals surface area contributed by atoms with Gasteiger partial charge in [0.2, 0.25) is 0 Å². The summed E-state index contributed by atoms with van der Waals surface area (Å²) in [4.78, 5) is 19.4. The van der Waals surface area contributed by atoms with Crippen LogP contribution in [0.1, 0.15) is 22.5 Å². The monoisotopic (exact) mass is 336 g/mol. The highest BCUT2D eigenvalue weighted by molar-refractivity contribution is 5.31. The maximum atomic E-state index is 12.1. The largest absolute Gasteiger partial charge is 0.497 e. The Hall–Kier alpha value is -3.08. The first kappa shape index (κ1) is 16.8. The fourth-order valence-corrected chi connectivity index (χ4v) is 2.59. The molecule has 5 heteroatoms. The van der Waals surface area contributed by atoms with Crippen LogP contribution in [0.5, 0.6) is 11.5 Å². The molecule has 0 amide bonds. The number of benzene rings is 2. The first-order chi connectivity index (χ1) is 12.2. The summed E-state index contributed by atoms with van der Waals surface area (Å²) in [6.07, 6.45) is 2.80. The Morgan fingerprint density at radius 1 is 0.840 bits per heavy atom. The van der Waals surface area contributed by atoms with Crippen molar-refractivity contribution in [2.75, 3.05) is 14.2 Å². The van der Waals surface area contributed by atoms with E-state index in [1.807, 2.05) is 48.5 Å². The molecule has 1 heterocycles. The van der Waals surface area contributed by atoms with Gasteiger partial charge in [-0.25, -0.2) is 4.98 Å². The Kier molecular flexibility index (Phi) is 5.14. The number of aromatic amines is 1. The summed E-state index contributed by atoms with van der Waals surface area (Å²) in [7, 11) is 3.27. The number of aromatic nitrogens is 2. The van der Waals surface area contributed by atoms with Crippen molar-refractivity contribution < 1.29 is 9.47 Å². The molecule has 5 nitrogen and oxygen atoms in total. The van der Waals surface area contributed by atoms with E-state index >= 15 is 0 Å². The molecule has 128 valence electrons. The zero-order valence-electron chi connectivity index (χ0n) is 14.3. The molecule has 0 saturated carbocycles. The van der Waals surface area contributed by atoms with Crippen LogP contribution in [0.15, 0.2) is 59.5 Å². The van der Waals surface area contributed by atoms with Gasteiger partial charge in [-0.1, -0.05) is 24.3 Å². The minimum Gasteiger partial charge on any atom is -0.497 e. The molecular formula is C20H20N2O3. The van der Waals surface area contributed by atoms with Crippen LogP contribution in [0.4, 0.5) is 0 Å². The third-order valence-corrected chi connectivity index (χ3v) is 3.99. The molecule has 0 saturated heterocycles. The van der Waals surface area contributed by atoms with E-state index < -0.39 is 0 Å². The van der Waals surface area contributed by atoms with Crippen molar-refractivity contribution in [1.82, 2.24) is 9.97 Å². The summed E-state index contributed by atoms with van der Waals surface area (Å²) in [5.74, 6) is 1.61. The van der Waals surface area contributed by atoms with Crippen LogP contribution in [0.2, 0.25) is 0 Å². The molecule has 0 aliphatic heterocycles. The minimum atomic E-state index is -0.158. The zero-order valence-corrected chi connectivity index (χ0v) is 14.3. The second-order valence-electron chi connectivity index (χ2n) is 5.72. The quantitative estimate of drug-likeness (QED) is 0.752. The van der Waals surface area contributed by atoms with Crippen LogP contribution in [0, 0.1) is 0 Å². The molecule has 0 fully saturated rings. The Balaban J connectivity index is 1.78. The van der Waals surface area contributed by atoms with Gasteiger partial charge in [0.1, 0.15) is 17.2 Å². The van der Waals surface area contributed by atoms with E-state index in [4.69, 9.17) is 9.47 Å². The number of methoxy groups -OCH3 is 2. The molecule has 25 heavy (non-hydrogen) atoms. The summed E-state index contributed by atoms with van der Waals surface area (Å²) < 4.78 is 10.3. The second-order valence-corrected chi connectivity index (χ2v) is 5.72. The smallest absolute Gasteiger partial charge is 0.269 e. The predicted molar refractivity (Wildman–Crippen MR) is 96.5 cm³/mol. The average molecular weight is 336 g/mol. The normalized spacial score (nSPS) is 10.5. The van der Waals surface area contributed by atoms with Gasteiger partial charge >= 0.3 is 0 Å². The first-order valence-corrected chi connectivity index (χ1v) is 8.01. The number of nitrogens with one attached hydrogen (secondary N) is 1. The second kappa shape index (κ2) is 7.66. The summed E-state index contributed by atoms with van der Waals surface area (Å²) in [6, 6.07) is 15.5. The lowest BCUT2D eigenvalue weighted by molar-refractivity contribution is 0.414. The Bertz CT molecular complexity index is 884. The van der Waals surface area contributed by atoms with Gasteiger partial charge in [0.25, 0.3) is 5.56 Å². The molecule has 0 spiro atoms. The zero-order chi connectivity index (χ0) is 17.6. The highest BCUT2D eigenvalue weighted by Crippen LogP contribution is 2.15. The topological polar surface area (TPSA) is 64.2 Å². The van der Waals surface area contributed by atoms with Gasteiger partial charge in [-0.15, -0.1) is 0 Å². The molecule has 0 radical (unpaired) electrons. The third kappa shape index (κ3) is 4.26. The molecule has 3 rings (SSSR count). The molecule has 0 atom stereocenters. The number of hydrogen-bond acceptors (Lipinski definition) is 4. The van der Waals surface area contributed by atoms with Gasteiger partial charge in [0.05, 0.1) is 19.9 Å². The molecule has 2 aromatic carbocycles. The van der Waals surface area contributed by atoms with Gasteiger partial charge in [-0.2, -0.15) is 0 Å². The van der Waals surface area contributed by atoms with Crippen LogP contribution < -0.4 is 15.0 Å². The van der Waals surface area contributed by atoms with E-state index in [2.05, 4.69) is 9.97 Å². The summed E-state index contributed by atoms with van der Waals surface area (Å²) in [6.45, 7) is 0. The molecule has 1 N–H and O–H groups in total. The molecule has 0 aliphatic carbocycles. The van der Waals surface area contributed by atoms with Gasteiger partial charge < -0.3 is 14.5 Å². The van der Waals surface area contributed by atoms with E-state index in [1.54, 1.807) is 20.4 Å². The Labute approximate surface area is 146 Å². The SMILES string of the molecule is COc1ccc(Cc2c[nH]c(=O)c(Cc3ccc(OC)cc3)n2)cc1. The highest BCUT2D eigenvalue weighted by Gasteiger charge is 2.07. The van der Waals surface area contributed by atoms with Crippen molar-refractivity contribution in [2.45, 2.75) is 12.8 Å². The third-order valence-electron chi connectivity index (χ3n) is 3.99. The standard InChI is InChI=1S/C20H20N2O3/c1-24-17-7-3-14(4-8-17)11-16-13-21-20(23)19(22-16)12-15-5-9-18(25-2)10-6-15/h3-10,13H,11-12H2,1-2H3,(H,21,23). The van der Waals surface area contributed by atoms with Crippen molar-refractivity contribution in [3.05, 3.63) is 87.6 Å². The first-order valence-electron chi connectivity index (χ1n) is 8.01. The maximum absolute atomic E-state index is 12.1. The average Bonchev–Trinajstić information content (AvgIpc) is 2.66. The summed E-state index contributed by atoms with van der Waals surface area (Å²) in [5, 5.41) is 0. The van der Waals surface area contributed by atoms with E-state index in [-0.39, 0.29) is 5.56 Å². The lowest BCUT2D eigenvalue weighted by Gasteiger charge is -2.06. The molecule has 0 aliphatic rings. The van der Waals surface area contributed by atoms with Crippen molar-refractivity contribution >= 4 is 0 Å². The van der Waals surface area contributed by atoms with Crippen LogP contribution in [0.25, 0.3) is 0 Å². The number of nitrogens with zero attached hydrogens (tertiary/aromatic N) is 1. The van der Waals surface area contributed by atoms with Gasteiger partial charge in [0, 0.05) is 19.0 Å². The molecular weight excluding hydrogens is 316 g/mol. The Morgan fingerprint density at radius 3 is 1.88 bits per heavy atom. The van der Waals surface area contributed by atoms with E-state index in [0.29, 0.717) is 18.5 Å². The predicted octanol–water partition coefficient (Wildman–Crippen LogP) is 2.97. The van der Waals surface area contributed by atoms with Crippen molar-refractivity contribution in [3.63, 3.8) is 0 Å². The molecule has 1 aromatic heterocycles. The fourth-order valence-electron chi connectivity index (χ4n) is 2.59. The van der Waals surface area contributed by atoms with Gasteiger partial charge in [0.15, 0.2) is 0 Å². The van der Waals surface area contributed by atoms with Crippen LogP contribution >= 0.6 is 0 Å². The lowest BCUT2D eigenvalue weighted by atomic mass is 10.1. The van der Waals surface area contributed by atoms with E-state index in [1.165, 1.54) is 0 Å². The van der Waals surface area contributed by atoms with Crippen LogP contribution in [-0.4, -0.2) is 24.2 Å². The number of H-pyrrole nitrogens is 1. The highest BCUT2D eigenvalue weighted by atomic mass is 16.5. The van der Waals surface area contributed by atoms with Crippen LogP contribution in [-0.2, 0) is 12.8 Å². The number of ether oxygens (including phenoxy) is 2. The molecule has 0 bridgehead atoms. The van der Waals surface area contributed by atoms with E-state index in [9.17, 15) is 4.79 Å². The van der Waals surface area contributed by atoms with Gasteiger partial charge in [-0.3, -0.25) is 4.79 Å². The summed E-state index contributed by atoms with van der Waals surface area (Å²) in [5.41, 5.74) is 3.30. The van der Waals surface area contributed by atoms with Crippen LogP contribution in [0.3, 0.4) is 0 Å². The minimum absolute atomic E-state index is 0.158. The van der Waals surface area contributed by atoms with E-state index in [0.717, 1.165) is 28.3 Å². The van der Waals surface area contributed by atoms with Crippen molar-refractivity contribution in [2.24, 2.45) is 0 Å². The maximum Gasteiger partial charge on any atom is 0.269 e. The fraction of sp³-hybridized carbons (Fsp3) is 0.200. The number of hydrogen-bond donors (Lipinski definition) is 1. The lowest BCUT2D eigenvalue weighted by Crippen LogP contribution is -2.16. The Morgan fingerprint density at radius 2 is 1.36 bits per heavy atom. The molecule has 3 aromatic rings. The summed E-state index contributed by atoms with van der Waals surface area (Å²) >= 11 is 0. The van der Waals surface area contributed by atoms with Crippen molar-refractivity contribution in [1.29, 1.82) is 0 Å². The molecule has 0 unspecified atom stereocenters. The van der Waals surface area contributed by atoms with Crippen molar-refractivity contribution in [3.8, 4) is 11.5 Å². The van der Waals surface area contributed by atoms with Gasteiger partial charge in [-0.05, 0) is 35.4 Å². The number of rotatable bonds is 6.